The molecule has 1 atom stereocenters. The quantitative estimate of drug-likeness (QED) is 0.557. The van der Waals surface area contributed by atoms with Crippen LogP contribution in [-0.4, -0.2) is 42.1 Å². The van der Waals surface area contributed by atoms with E-state index in [2.05, 4.69) is 15.6 Å². The molecule has 0 radical (unpaired) electrons. The molecule has 0 bridgehead atoms. The molecule has 10 heteroatoms. The van der Waals surface area contributed by atoms with Gasteiger partial charge in [0, 0.05) is 24.0 Å². The largest absolute Gasteiger partial charge is 0.493 e. The molecule has 2 aromatic rings. The van der Waals surface area contributed by atoms with Gasteiger partial charge in [-0.05, 0) is 13.0 Å². The molecule has 1 aromatic heterocycles. The Balaban J connectivity index is 1.86. The third-order valence-corrected chi connectivity index (χ3v) is 4.61. The van der Waals surface area contributed by atoms with Gasteiger partial charge >= 0.3 is 0 Å². The van der Waals surface area contributed by atoms with E-state index in [0.717, 1.165) is 13.0 Å². The van der Waals surface area contributed by atoms with Gasteiger partial charge in [-0.2, -0.15) is 0 Å². The number of nitrogens with zero attached hydrogens (tertiary/aromatic N) is 2. The van der Waals surface area contributed by atoms with Gasteiger partial charge in [0.1, 0.15) is 12.2 Å². The molecule has 1 aliphatic heterocycles. The topological polar surface area (TPSA) is 116 Å². The summed E-state index contributed by atoms with van der Waals surface area (Å²) in [6, 6.07) is 2.51. The number of hydrogen-bond acceptors (Lipinski definition) is 8. The Labute approximate surface area is 153 Å². The lowest BCUT2D eigenvalue weighted by Gasteiger charge is -2.14. The number of ether oxygens (including phenoxy) is 2. The van der Waals surface area contributed by atoms with Gasteiger partial charge in [-0.25, -0.2) is 4.98 Å². The molecule has 3 rings (SSSR count). The Hall–Kier alpha value is -2.72. The molecule has 138 valence electrons. The minimum Gasteiger partial charge on any atom is -0.493 e. The Morgan fingerprint density at radius 2 is 2.35 bits per heavy atom. The fourth-order valence-corrected chi connectivity index (χ4v) is 3.20. The zero-order valence-electron chi connectivity index (χ0n) is 14.1. The molecule has 1 aliphatic rings. The normalized spacial score (nSPS) is 16.3. The lowest BCUT2D eigenvalue weighted by Crippen LogP contribution is -2.36. The van der Waals surface area contributed by atoms with Gasteiger partial charge < -0.3 is 20.1 Å². The second kappa shape index (κ2) is 8.11. The third kappa shape index (κ3) is 4.09. The lowest BCUT2D eigenvalue weighted by atomic mass is 10.1. The van der Waals surface area contributed by atoms with E-state index in [-0.39, 0.29) is 35.4 Å². The van der Waals surface area contributed by atoms with Crippen molar-refractivity contribution in [1.82, 2.24) is 15.6 Å². The van der Waals surface area contributed by atoms with Crippen LogP contribution in [0.25, 0.3) is 0 Å². The van der Waals surface area contributed by atoms with Crippen LogP contribution in [0.3, 0.4) is 0 Å². The van der Waals surface area contributed by atoms with E-state index < -0.39 is 10.8 Å². The van der Waals surface area contributed by atoms with Crippen LogP contribution in [0.2, 0.25) is 0 Å². The van der Waals surface area contributed by atoms with Crippen LogP contribution < -0.4 is 20.1 Å². The molecule has 1 unspecified atom stereocenters. The summed E-state index contributed by atoms with van der Waals surface area (Å²) >= 11 is 1.43. The van der Waals surface area contributed by atoms with E-state index in [1.165, 1.54) is 30.6 Å². The third-order valence-electron chi connectivity index (χ3n) is 3.98. The van der Waals surface area contributed by atoms with Crippen LogP contribution in [0.1, 0.15) is 22.5 Å². The standard InChI is InChI=1S/C16H18N4O5S/c1-24-14-4-12(16(21)19-10-2-3-17-6-10)13(20(22)23)5-15(14)25-7-11-8-26-9-18-11/h4-5,8-10,17H,2-3,6-7H2,1H3,(H,19,21). The fourth-order valence-electron chi connectivity index (χ4n) is 2.66. The van der Waals surface area contributed by atoms with Gasteiger partial charge in [-0.3, -0.25) is 14.9 Å². The number of nitro groups is 1. The Bertz CT molecular complexity index is 790. The first-order valence-corrected chi connectivity index (χ1v) is 8.90. The van der Waals surface area contributed by atoms with Crippen LogP contribution in [-0.2, 0) is 6.61 Å². The molecule has 2 heterocycles. The van der Waals surface area contributed by atoms with Gasteiger partial charge in [0.25, 0.3) is 11.6 Å². The predicted octanol–water partition coefficient (Wildman–Crippen LogP) is 1.73. The average Bonchev–Trinajstić information content (AvgIpc) is 3.32. The fraction of sp³-hybridized carbons (Fsp3) is 0.375. The van der Waals surface area contributed by atoms with Crippen LogP contribution in [0, 0.1) is 10.1 Å². The van der Waals surface area contributed by atoms with E-state index in [0.29, 0.717) is 12.2 Å². The van der Waals surface area contributed by atoms with Gasteiger partial charge in [-0.15, -0.1) is 11.3 Å². The molecule has 1 saturated heterocycles. The number of methoxy groups -OCH3 is 1. The maximum atomic E-state index is 12.5. The summed E-state index contributed by atoms with van der Waals surface area (Å²) in [5.41, 5.74) is 1.99. The monoisotopic (exact) mass is 378 g/mol. The number of benzene rings is 1. The van der Waals surface area contributed by atoms with E-state index in [1.807, 2.05) is 5.38 Å². The first-order valence-electron chi connectivity index (χ1n) is 7.96. The van der Waals surface area contributed by atoms with Gasteiger partial charge in [-0.1, -0.05) is 0 Å². The van der Waals surface area contributed by atoms with Crippen molar-refractivity contribution in [2.75, 3.05) is 20.2 Å². The maximum absolute atomic E-state index is 12.5. The van der Waals surface area contributed by atoms with Gasteiger partial charge in [0.15, 0.2) is 11.5 Å². The maximum Gasteiger partial charge on any atom is 0.286 e. The molecule has 26 heavy (non-hydrogen) atoms. The van der Waals surface area contributed by atoms with Crippen LogP contribution >= 0.6 is 11.3 Å². The van der Waals surface area contributed by atoms with Crippen molar-refractivity contribution in [2.24, 2.45) is 0 Å². The molecule has 2 N–H and O–H groups in total. The van der Waals surface area contributed by atoms with Crippen molar-refractivity contribution >= 4 is 22.9 Å². The Morgan fingerprint density at radius 1 is 1.50 bits per heavy atom. The summed E-state index contributed by atoms with van der Waals surface area (Å²) < 4.78 is 10.9. The van der Waals surface area contributed by atoms with Crippen molar-refractivity contribution in [1.29, 1.82) is 0 Å². The summed E-state index contributed by atoms with van der Waals surface area (Å²) in [4.78, 5) is 27.5. The van der Waals surface area contributed by atoms with E-state index in [4.69, 9.17) is 9.47 Å². The Morgan fingerprint density at radius 3 is 2.96 bits per heavy atom. The molecule has 1 aromatic carbocycles. The SMILES string of the molecule is COc1cc(C(=O)NC2CCNC2)c([N+](=O)[O-])cc1OCc1cscn1. The molecule has 9 nitrogen and oxygen atoms in total. The van der Waals surface area contributed by atoms with E-state index in [9.17, 15) is 14.9 Å². The highest BCUT2D eigenvalue weighted by molar-refractivity contribution is 7.07. The molecule has 0 aliphatic carbocycles. The molecule has 1 fully saturated rings. The number of amides is 1. The number of aromatic nitrogens is 1. The smallest absolute Gasteiger partial charge is 0.286 e. The second-order valence-corrected chi connectivity index (χ2v) is 6.43. The molecule has 0 spiro atoms. The summed E-state index contributed by atoms with van der Waals surface area (Å²) in [7, 11) is 1.42. The highest BCUT2D eigenvalue weighted by Gasteiger charge is 2.27. The van der Waals surface area contributed by atoms with Crippen LogP contribution in [0.5, 0.6) is 11.5 Å². The minimum absolute atomic E-state index is 0.0475. The first kappa shape index (κ1) is 18.1. The summed E-state index contributed by atoms with van der Waals surface area (Å²) in [5.74, 6) is -0.0680. The summed E-state index contributed by atoms with van der Waals surface area (Å²) in [6.07, 6.45) is 0.783. The number of hydrogen-bond donors (Lipinski definition) is 2. The number of carbonyl (C=O) groups is 1. The predicted molar refractivity (Wildman–Crippen MR) is 94.8 cm³/mol. The number of rotatable bonds is 7. The lowest BCUT2D eigenvalue weighted by molar-refractivity contribution is -0.385. The van der Waals surface area contributed by atoms with Gasteiger partial charge in [0.2, 0.25) is 0 Å². The van der Waals surface area contributed by atoms with Gasteiger partial charge in [0.05, 0.1) is 29.3 Å². The van der Waals surface area contributed by atoms with E-state index >= 15 is 0 Å². The van der Waals surface area contributed by atoms with Crippen molar-refractivity contribution in [3.05, 3.63) is 44.4 Å². The molecule has 0 saturated carbocycles. The summed E-state index contributed by atoms with van der Waals surface area (Å²) in [6.45, 7) is 1.60. The number of nitro benzene ring substituents is 1. The second-order valence-electron chi connectivity index (χ2n) is 5.71. The zero-order chi connectivity index (χ0) is 18.5. The molecular formula is C16H18N4O5S. The molecule has 1 amide bonds. The number of thiazole rings is 1. The van der Waals surface area contributed by atoms with Crippen molar-refractivity contribution < 1.29 is 19.2 Å². The molecular weight excluding hydrogens is 360 g/mol. The average molecular weight is 378 g/mol. The minimum atomic E-state index is -0.600. The van der Waals surface area contributed by atoms with E-state index in [1.54, 1.807) is 5.51 Å². The van der Waals surface area contributed by atoms with Crippen LogP contribution in [0.15, 0.2) is 23.0 Å². The summed E-state index contributed by atoms with van der Waals surface area (Å²) in [5, 5.41) is 19.2. The highest BCUT2D eigenvalue weighted by Crippen LogP contribution is 2.35. The first-order chi connectivity index (χ1) is 12.6. The van der Waals surface area contributed by atoms with Crippen LogP contribution in [0.4, 0.5) is 5.69 Å². The highest BCUT2D eigenvalue weighted by atomic mass is 32.1. The van der Waals surface area contributed by atoms with Crippen molar-refractivity contribution in [3.63, 3.8) is 0 Å². The number of nitrogens with one attached hydrogen (secondary N) is 2. The zero-order valence-corrected chi connectivity index (χ0v) is 14.9. The Kier molecular flexibility index (Phi) is 5.64. The van der Waals surface area contributed by atoms with Crippen molar-refractivity contribution in [3.8, 4) is 11.5 Å². The van der Waals surface area contributed by atoms with Crippen molar-refractivity contribution in [2.45, 2.75) is 19.1 Å². The number of carbonyl (C=O) groups excluding carboxylic acids is 1.